The quantitative estimate of drug-likeness (QED) is 0.597. The van der Waals surface area contributed by atoms with Crippen molar-refractivity contribution in [1.82, 2.24) is 14.3 Å². The monoisotopic (exact) mass is 417 g/mol. The van der Waals surface area contributed by atoms with Gasteiger partial charge in [0.15, 0.2) is 0 Å². The summed E-state index contributed by atoms with van der Waals surface area (Å²) in [4.78, 5) is 15.9. The Morgan fingerprint density at radius 3 is 2.48 bits per heavy atom. The molecule has 9 heteroatoms. The highest BCUT2D eigenvalue weighted by molar-refractivity contribution is 7.89. The van der Waals surface area contributed by atoms with Crippen LogP contribution < -0.4 is 4.72 Å². The first kappa shape index (κ1) is 20.7. The van der Waals surface area contributed by atoms with E-state index in [2.05, 4.69) is 9.71 Å². The van der Waals surface area contributed by atoms with Gasteiger partial charge in [0.05, 0.1) is 17.1 Å². The molecule has 29 heavy (non-hydrogen) atoms. The van der Waals surface area contributed by atoms with Crippen molar-refractivity contribution in [3.8, 4) is 0 Å². The topological polar surface area (TPSA) is 90.3 Å². The summed E-state index contributed by atoms with van der Waals surface area (Å²) >= 11 is 0. The number of nitrogens with one attached hydrogen (secondary N) is 1. The van der Waals surface area contributed by atoms with Crippen LogP contribution in [0.4, 0.5) is 4.39 Å². The number of rotatable bonds is 7. The zero-order valence-electron chi connectivity index (χ0n) is 15.9. The van der Waals surface area contributed by atoms with Crippen LogP contribution in [0.2, 0.25) is 0 Å². The molecule has 0 aliphatic rings. The lowest BCUT2D eigenvalue weighted by Crippen LogP contribution is -2.31. The minimum absolute atomic E-state index is 0.0684. The van der Waals surface area contributed by atoms with Crippen molar-refractivity contribution in [2.75, 3.05) is 6.61 Å². The van der Waals surface area contributed by atoms with Crippen molar-refractivity contribution in [3.63, 3.8) is 0 Å². The summed E-state index contributed by atoms with van der Waals surface area (Å²) in [5.41, 5.74) is 0.383. The first-order valence-electron chi connectivity index (χ1n) is 8.84. The Labute approximate surface area is 168 Å². The zero-order valence-corrected chi connectivity index (χ0v) is 16.7. The number of ether oxygens (including phenoxy) is 1. The maximum atomic E-state index is 14.4. The number of nitrogens with zero attached hydrogens (tertiary/aromatic N) is 2. The normalized spacial score (nSPS) is 12.5. The molecule has 0 spiro atoms. The van der Waals surface area contributed by atoms with E-state index in [9.17, 15) is 17.6 Å². The van der Waals surface area contributed by atoms with Gasteiger partial charge in [-0.05, 0) is 37.3 Å². The van der Waals surface area contributed by atoms with Gasteiger partial charge in [0.2, 0.25) is 10.0 Å². The number of carbonyl (C=O) groups excluding carboxylic acids is 1. The number of halogens is 1. The third-order valence-corrected chi connectivity index (χ3v) is 5.72. The predicted molar refractivity (Wildman–Crippen MR) is 104 cm³/mol. The van der Waals surface area contributed by atoms with Gasteiger partial charge in [-0.2, -0.15) is 4.72 Å². The average Bonchev–Trinajstić information content (AvgIpc) is 3.13. The van der Waals surface area contributed by atoms with E-state index in [1.165, 1.54) is 48.7 Å². The molecule has 2 aromatic carbocycles. The molecule has 1 heterocycles. The molecule has 152 valence electrons. The molecule has 0 saturated heterocycles. The second-order valence-corrected chi connectivity index (χ2v) is 7.93. The number of hydrogen-bond donors (Lipinski definition) is 1. The number of aryl methyl sites for hydroxylation is 1. The molecule has 0 unspecified atom stereocenters. The molecule has 0 bridgehead atoms. The first-order valence-corrected chi connectivity index (χ1v) is 10.3. The van der Waals surface area contributed by atoms with Crippen LogP contribution in [0.3, 0.4) is 0 Å². The Kier molecular flexibility index (Phi) is 6.09. The van der Waals surface area contributed by atoms with E-state index in [0.717, 1.165) is 0 Å². The highest BCUT2D eigenvalue weighted by Crippen LogP contribution is 2.25. The SMILES string of the molecule is CCOC(=O)c1ccc(S(=O)(=O)N[C@@H](c2ccccc2F)c2nccn2C)cc1. The Balaban J connectivity index is 1.96. The second-order valence-electron chi connectivity index (χ2n) is 6.22. The smallest absolute Gasteiger partial charge is 0.338 e. The van der Waals surface area contributed by atoms with E-state index in [-0.39, 0.29) is 22.6 Å². The zero-order chi connectivity index (χ0) is 21.0. The third kappa shape index (κ3) is 4.52. The molecule has 0 saturated carbocycles. The molecule has 0 fully saturated rings. The number of sulfonamides is 1. The van der Waals surface area contributed by atoms with Gasteiger partial charge in [0.25, 0.3) is 0 Å². The van der Waals surface area contributed by atoms with Gasteiger partial charge in [0, 0.05) is 25.0 Å². The van der Waals surface area contributed by atoms with Crippen LogP contribution in [-0.2, 0) is 21.8 Å². The van der Waals surface area contributed by atoms with E-state index in [1.54, 1.807) is 30.8 Å². The lowest BCUT2D eigenvalue weighted by molar-refractivity contribution is 0.0526. The maximum Gasteiger partial charge on any atom is 0.338 e. The molecule has 1 N–H and O–H groups in total. The fourth-order valence-corrected chi connectivity index (χ4v) is 4.00. The molecule has 3 aromatic rings. The lowest BCUT2D eigenvalue weighted by Gasteiger charge is -2.20. The Bertz CT molecular complexity index is 1110. The minimum Gasteiger partial charge on any atom is -0.462 e. The van der Waals surface area contributed by atoms with E-state index in [1.807, 2.05) is 0 Å². The average molecular weight is 417 g/mol. The lowest BCUT2D eigenvalue weighted by atomic mass is 10.1. The molecule has 1 aromatic heterocycles. The van der Waals surface area contributed by atoms with Crippen LogP contribution >= 0.6 is 0 Å². The first-order chi connectivity index (χ1) is 13.8. The van der Waals surface area contributed by atoms with Gasteiger partial charge in [-0.25, -0.2) is 22.6 Å². The highest BCUT2D eigenvalue weighted by Gasteiger charge is 2.27. The predicted octanol–water partition coefficient (Wildman–Crippen LogP) is 2.80. The molecule has 0 amide bonds. The van der Waals surface area contributed by atoms with Crippen molar-refractivity contribution >= 4 is 16.0 Å². The van der Waals surface area contributed by atoms with E-state index in [4.69, 9.17) is 4.74 Å². The Morgan fingerprint density at radius 1 is 1.21 bits per heavy atom. The van der Waals surface area contributed by atoms with Gasteiger partial charge < -0.3 is 9.30 Å². The van der Waals surface area contributed by atoms with Crippen molar-refractivity contribution in [3.05, 3.63) is 83.7 Å². The molecule has 0 radical (unpaired) electrons. The third-order valence-electron chi connectivity index (χ3n) is 4.28. The van der Waals surface area contributed by atoms with Crippen LogP contribution in [0.15, 0.2) is 65.8 Å². The molecular weight excluding hydrogens is 397 g/mol. The van der Waals surface area contributed by atoms with Crippen LogP contribution in [0, 0.1) is 5.82 Å². The summed E-state index contributed by atoms with van der Waals surface area (Å²) in [6.07, 6.45) is 3.15. The summed E-state index contributed by atoms with van der Waals surface area (Å²) in [5.74, 6) is -0.760. The summed E-state index contributed by atoms with van der Waals surface area (Å²) in [6.45, 7) is 1.90. The molecule has 1 atom stereocenters. The Hall–Kier alpha value is -3.04. The number of benzene rings is 2. The van der Waals surface area contributed by atoms with Crippen molar-refractivity contribution in [2.45, 2.75) is 17.9 Å². The van der Waals surface area contributed by atoms with E-state index < -0.39 is 27.9 Å². The van der Waals surface area contributed by atoms with Crippen LogP contribution in [0.1, 0.15) is 34.7 Å². The van der Waals surface area contributed by atoms with Gasteiger partial charge in [-0.1, -0.05) is 18.2 Å². The summed E-state index contributed by atoms with van der Waals surface area (Å²) < 4.78 is 49.4. The largest absolute Gasteiger partial charge is 0.462 e. The van der Waals surface area contributed by atoms with Crippen molar-refractivity contribution in [1.29, 1.82) is 0 Å². The van der Waals surface area contributed by atoms with Crippen LogP contribution in [0.5, 0.6) is 0 Å². The molecule has 0 aliphatic carbocycles. The Morgan fingerprint density at radius 2 is 1.90 bits per heavy atom. The number of imidazole rings is 1. The van der Waals surface area contributed by atoms with Crippen molar-refractivity contribution < 1.29 is 22.3 Å². The van der Waals surface area contributed by atoms with Crippen LogP contribution in [-0.4, -0.2) is 30.5 Å². The minimum atomic E-state index is -4.04. The van der Waals surface area contributed by atoms with Gasteiger partial charge in [0.1, 0.15) is 17.7 Å². The maximum absolute atomic E-state index is 14.4. The highest BCUT2D eigenvalue weighted by atomic mass is 32.2. The summed E-state index contributed by atoms with van der Waals surface area (Å²) in [7, 11) is -2.35. The van der Waals surface area contributed by atoms with Gasteiger partial charge in [-0.15, -0.1) is 0 Å². The number of aromatic nitrogens is 2. The number of esters is 1. The molecule has 7 nitrogen and oxygen atoms in total. The molecular formula is C20H20FN3O4S. The number of hydrogen-bond acceptors (Lipinski definition) is 5. The summed E-state index contributed by atoms with van der Waals surface area (Å²) in [5, 5.41) is 0. The van der Waals surface area contributed by atoms with Crippen molar-refractivity contribution in [2.24, 2.45) is 7.05 Å². The second kappa shape index (κ2) is 8.54. The molecule has 0 aliphatic heterocycles. The van der Waals surface area contributed by atoms with E-state index >= 15 is 0 Å². The number of carbonyl (C=O) groups is 1. The fraction of sp³-hybridized carbons (Fsp3) is 0.200. The summed E-state index contributed by atoms with van der Waals surface area (Å²) in [6, 6.07) is 10.2. The van der Waals surface area contributed by atoms with Gasteiger partial charge >= 0.3 is 5.97 Å². The standard InChI is InChI=1S/C20H20FN3O4S/c1-3-28-20(25)14-8-10-15(11-9-14)29(26,27)23-18(19-22-12-13-24(19)2)16-6-4-5-7-17(16)21/h4-13,18,23H,3H2,1-2H3/t18-/m0/s1. The fourth-order valence-electron chi connectivity index (χ4n) is 2.83. The molecule has 3 rings (SSSR count). The van der Waals surface area contributed by atoms with E-state index in [0.29, 0.717) is 5.82 Å². The van der Waals surface area contributed by atoms with Gasteiger partial charge in [-0.3, -0.25) is 0 Å². The van der Waals surface area contributed by atoms with Crippen LogP contribution in [0.25, 0.3) is 0 Å².